The van der Waals surface area contributed by atoms with Crippen LogP contribution in [0.1, 0.15) is 25.0 Å². The molecule has 0 fully saturated rings. The summed E-state index contributed by atoms with van der Waals surface area (Å²) in [6.45, 7) is 5.89. The highest BCUT2D eigenvalue weighted by atomic mass is 79.9. The van der Waals surface area contributed by atoms with Gasteiger partial charge < -0.3 is 5.32 Å². The van der Waals surface area contributed by atoms with Crippen LogP contribution in [0.2, 0.25) is 0 Å². The summed E-state index contributed by atoms with van der Waals surface area (Å²) in [6, 6.07) is 15.2. The third-order valence-electron chi connectivity index (χ3n) is 3.45. The smallest absolute Gasteiger partial charge is 0.123 e. The van der Waals surface area contributed by atoms with Crippen molar-refractivity contribution >= 4 is 15.9 Å². The van der Waals surface area contributed by atoms with Crippen LogP contribution in [-0.4, -0.2) is 6.54 Å². The number of nitrogens with one attached hydrogen (secondary N) is 1. The van der Waals surface area contributed by atoms with Gasteiger partial charge in [-0.3, -0.25) is 0 Å². The lowest BCUT2D eigenvalue weighted by atomic mass is 9.84. The maximum absolute atomic E-state index is 13.2. The van der Waals surface area contributed by atoms with Gasteiger partial charge in [0.2, 0.25) is 0 Å². The van der Waals surface area contributed by atoms with Gasteiger partial charge in [0, 0.05) is 23.0 Å². The van der Waals surface area contributed by atoms with Crippen LogP contribution in [0.3, 0.4) is 0 Å². The molecule has 2 aromatic carbocycles. The number of benzene rings is 2. The van der Waals surface area contributed by atoms with Gasteiger partial charge in [-0.25, -0.2) is 4.39 Å². The molecule has 0 unspecified atom stereocenters. The summed E-state index contributed by atoms with van der Waals surface area (Å²) in [5, 5.41) is 3.41. The van der Waals surface area contributed by atoms with Crippen LogP contribution < -0.4 is 5.32 Å². The molecule has 3 heteroatoms. The summed E-state index contributed by atoms with van der Waals surface area (Å²) < 4.78 is 14.2. The van der Waals surface area contributed by atoms with E-state index >= 15 is 0 Å². The van der Waals surface area contributed by atoms with Gasteiger partial charge in [-0.1, -0.05) is 60.1 Å². The van der Waals surface area contributed by atoms with Crippen molar-refractivity contribution < 1.29 is 4.39 Å². The maximum Gasteiger partial charge on any atom is 0.123 e. The molecule has 0 saturated carbocycles. The van der Waals surface area contributed by atoms with Crippen molar-refractivity contribution in [2.45, 2.75) is 25.8 Å². The summed E-state index contributed by atoms with van der Waals surface area (Å²) >= 11 is 3.45. The maximum atomic E-state index is 13.2. The Hall–Kier alpha value is -1.19. The molecule has 0 aliphatic rings. The predicted octanol–water partition coefficient (Wildman–Crippen LogP) is 4.66. The monoisotopic (exact) mass is 335 g/mol. The minimum Gasteiger partial charge on any atom is -0.312 e. The highest BCUT2D eigenvalue weighted by molar-refractivity contribution is 9.10. The minimum atomic E-state index is -0.202. The molecule has 0 saturated heterocycles. The lowest BCUT2D eigenvalue weighted by Gasteiger charge is -2.26. The topological polar surface area (TPSA) is 12.0 Å². The Bertz CT molecular complexity index is 566. The predicted molar refractivity (Wildman–Crippen MR) is 85.3 cm³/mol. The Balaban J connectivity index is 1.97. The first kappa shape index (κ1) is 15.2. The van der Waals surface area contributed by atoms with Crippen molar-refractivity contribution in [1.82, 2.24) is 5.32 Å². The number of hydrogen-bond donors (Lipinski definition) is 1. The standard InChI is InChI=1S/C17H19BrFN/c1-17(2,14-6-4-3-5-7-14)12-20-11-13-10-15(19)8-9-16(13)18/h3-10,20H,11-12H2,1-2H3. The van der Waals surface area contributed by atoms with Gasteiger partial charge in [0.05, 0.1) is 0 Å². The lowest BCUT2D eigenvalue weighted by molar-refractivity contribution is 0.468. The Morgan fingerprint density at radius 2 is 1.80 bits per heavy atom. The average Bonchev–Trinajstić information content (AvgIpc) is 2.43. The first-order chi connectivity index (χ1) is 9.49. The number of halogens is 2. The summed E-state index contributed by atoms with van der Waals surface area (Å²) in [5.74, 6) is -0.202. The van der Waals surface area contributed by atoms with Crippen molar-refractivity contribution in [2.24, 2.45) is 0 Å². The molecule has 0 bridgehead atoms. The molecule has 0 radical (unpaired) electrons. The second-order valence-electron chi connectivity index (χ2n) is 5.59. The molecular weight excluding hydrogens is 317 g/mol. The van der Waals surface area contributed by atoms with Gasteiger partial charge in [0.15, 0.2) is 0 Å². The molecular formula is C17H19BrFN. The molecule has 0 heterocycles. The summed E-state index contributed by atoms with van der Waals surface area (Å²) in [7, 11) is 0. The average molecular weight is 336 g/mol. The fourth-order valence-corrected chi connectivity index (χ4v) is 2.57. The van der Waals surface area contributed by atoms with Crippen LogP contribution in [0, 0.1) is 5.82 Å². The third-order valence-corrected chi connectivity index (χ3v) is 4.22. The molecule has 20 heavy (non-hydrogen) atoms. The van der Waals surface area contributed by atoms with E-state index in [1.807, 2.05) is 6.07 Å². The first-order valence-corrected chi connectivity index (χ1v) is 7.48. The van der Waals surface area contributed by atoms with E-state index in [9.17, 15) is 4.39 Å². The van der Waals surface area contributed by atoms with E-state index in [2.05, 4.69) is 59.4 Å². The van der Waals surface area contributed by atoms with E-state index in [0.29, 0.717) is 6.54 Å². The van der Waals surface area contributed by atoms with E-state index in [1.54, 1.807) is 12.1 Å². The second-order valence-corrected chi connectivity index (χ2v) is 6.44. The fourth-order valence-electron chi connectivity index (χ4n) is 2.18. The van der Waals surface area contributed by atoms with Crippen LogP contribution in [0.5, 0.6) is 0 Å². The van der Waals surface area contributed by atoms with Crippen LogP contribution in [0.4, 0.5) is 4.39 Å². The van der Waals surface area contributed by atoms with Crippen LogP contribution in [0.25, 0.3) is 0 Å². The summed E-state index contributed by atoms with van der Waals surface area (Å²) in [6.07, 6.45) is 0. The Labute approximate surface area is 128 Å². The Morgan fingerprint density at radius 1 is 1.10 bits per heavy atom. The van der Waals surface area contributed by atoms with Crippen molar-refractivity contribution in [2.75, 3.05) is 6.54 Å². The largest absolute Gasteiger partial charge is 0.312 e. The molecule has 1 N–H and O–H groups in total. The first-order valence-electron chi connectivity index (χ1n) is 6.69. The zero-order valence-corrected chi connectivity index (χ0v) is 13.4. The van der Waals surface area contributed by atoms with E-state index in [0.717, 1.165) is 16.6 Å². The van der Waals surface area contributed by atoms with Gasteiger partial charge in [-0.2, -0.15) is 0 Å². The molecule has 0 aliphatic carbocycles. The van der Waals surface area contributed by atoms with Crippen molar-refractivity contribution in [1.29, 1.82) is 0 Å². The zero-order valence-electron chi connectivity index (χ0n) is 11.8. The van der Waals surface area contributed by atoms with Gasteiger partial charge in [-0.15, -0.1) is 0 Å². The molecule has 2 aromatic rings. The van der Waals surface area contributed by atoms with E-state index < -0.39 is 0 Å². The van der Waals surface area contributed by atoms with Crippen LogP contribution >= 0.6 is 15.9 Å². The molecule has 0 spiro atoms. The molecule has 1 nitrogen and oxygen atoms in total. The van der Waals surface area contributed by atoms with Gasteiger partial charge in [0.1, 0.15) is 5.82 Å². The van der Waals surface area contributed by atoms with E-state index in [1.165, 1.54) is 11.6 Å². The third kappa shape index (κ3) is 3.90. The van der Waals surface area contributed by atoms with E-state index in [-0.39, 0.29) is 11.2 Å². The van der Waals surface area contributed by atoms with Crippen LogP contribution in [0.15, 0.2) is 53.0 Å². The normalized spacial score (nSPS) is 11.6. The molecule has 0 atom stereocenters. The summed E-state index contributed by atoms with van der Waals surface area (Å²) in [4.78, 5) is 0. The highest BCUT2D eigenvalue weighted by Gasteiger charge is 2.19. The molecule has 0 aliphatic heterocycles. The molecule has 2 rings (SSSR count). The van der Waals surface area contributed by atoms with Gasteiger partial charge in [0.25, 0.3) is 0 Å². The number of hydrogen-bond acceptors (Lipinski definition) is 1. The quantitative estimate of drug-likeness (QED) is 0.838. The molecule has 106 valence electrons. The minimum absolute atomic E-state index is 0.0427. The van der Waals surface area contributed by atoms with E-state index in [4.69, 9.17) is 0 Å². The van der Waals surface area contributed by atoms with Crippen LogP contribution in [-0.2, 0) is 12.0 Å². The van der Waals surface area contributed by atoms with Crippen molar-refractivity contribution in [3.8, 4) is 0 Å². The Kier molecular flexibility index (Phi) is 4.95. The van der Waals surface area contributed by atoms with Crippen molar-refractivity contribution in [3.63, 3.8) is 0 Å². The molecule has 0 amide bonds. The zero-order chi connectivity index (χ0) is 14.6. The van der Waals surface area contributed by atoms with Gasteiger partial charge >= 0.3 is 0 Å². The Morgan fingerprint density at radius 3 is 2.50 bits per heavy atom. The van der Waals surface area contributed by atoms with Gasteiger partial charge in [-0.05, 0) is 29.3 Å². The SMILES string of the molecule is CC(C)(CNCc1cc(F)ccc1Br)c1ccccc1. The fraction of sp³-hybridized carbons (Fsp3) is 0.294. The van der Waals surface area contributed by atoms with Crippen molar-refractivity contribution in [3.05, 3.63) is 69.9 Å². The molecule has 0 aromatic heterocycles. The lowest BCUT2D eigenvalue weighted by Crippen LogP contribution is -2.32. The number of rotatable bonds is 5. The second kappa shape index (κ2) is 6.51. The summed E-state index contributed by atoms with van der Waals surface area (Å²) in [5.41, 5.74) is 2.28. The highest BCUT2D eigenvalue weighted by Crippen LogP contribution is 2.22.